The van der Waals surface area contributed by atoms with E-state index in [4.69, 9.17) is 4.74 Å². The summed E-state index contributed by atoms with van der Waals surface area (Å²) in [6.45, 7) is 4.65. The van der Waals surface area contributed by atoms with E-state index in [0.29, 0.717) is 12.1 Å². The number of nitrogens with zero attached hydrogens (tertiary/aromatic N) is 1. The molecule has 1 heterocycles. The number of nitrogens with one attached hydrogen (secondary N) is 1. The van der Waals surface area contributed by atoms with Crippen LogP contribution in [0.1, 0.15) is 25.3 Å². The highest BCUT2D eigenvalue weighted by atomic mass is 16.5. The highest BCUT2D eigenvalue weighted by molar-refractivity contribution is 5.33. The van der Waals surface area contributed by atoms with Gasteiger partial charge >= 0.3 is 0 Å². The van der Waals surface area contributed by atoms with Crippen LogP contribution in [0.2, 0.25) is 0 Å². The lowest BCUT2D eigenvalue weighted by Crippen LogP contribution is -2.43. The van der Waals surface area contributed by atoms with Gasteiger partial charge in [0.25, 0.3) is 0 Å². The van der Waals surface area contributed by atoms with Crippen molar-refractivity contribution < 1.29 is 4.74 Å². The molecule has 2 atom stereocenters. The standard InChI is InChI=1S/C16H26N2O/c1-13(18-10-6-8-15(18)12-17-2)11-14-7-4-5-9-16(14)19-3/h4-5,7,9,13,15,17H,6,8,10-12H2,1-3H3. The van der Waals surface area contributed by atoms with Crippen LogP contribution in [0.3, 0.4) is 0 Å². The molecule has 1 aliphatic rings. The van der Waals surface area contributed by atoms with Gasteiger partial charge in [0, 0.05) is 18.6 Å². The predicted octanol–water partition coefficient (Wildman–Crippen LogP) is 2.31. The minimum Gasteiger partial charge on any atom is -0.496 e. The molecule has 0 spiro atoms. The molecule has 0 bridgehead atoms. The zero-order valence-corrected chi connectivity index (χ0v) is 12.4. The molecule has 0 saturated carbocycles. The van der Waals surface area contributed by atoms with Gasteiger partial charge in [0.1, 0.15) is 5.75 Å². The predicted molar refractivity (Wildman–Crippen MR) is 79.8 cm³/mol. The van der Waals surface area contributed by atoms with Gasteiger partial charge in [-0.1, -0.05) is 18.2 Å². The van der Waals surface area contributed by atoms with Crippen LogP contribution in [0.15, 0.2) is 24.3 Å². The lowest BCUT2D eigenvalue weighted by Gasteiger charge is -2.31. The molecule has 19 heavy (non-hydrogen) atoms. The second-order valence-corrected chi connectivity index (χ2v) is 5.46. The normalized spacial score (nSPS) is 21.5. The summed E-state index contributed by atoms with van der Waals surface area (Å²) in [4.78, 5) is 2.64. The molecule has 1 N–H and O–H groups in total. The number of methoxy groups -OCH3 is 1. The largest absolute Gasteiger partial charge is 0.496 e. The van der Waals surface area contributed by atoms with Crippen LogP contribution in [-0.4, -0.2) is 44.2 Å². The smallest absolute Gasteiger partial charge is 0.122 e. The SMILES string of the molecule is CNCC1CCCN1C(C)Cc1ccccc1OC. The Hall–Kier alpha value is -1.06. The van der Waals surface area contributed by atoms with Crippen LogP contribution in [-0.2, 0) is 6.42 Å². The average molecular weight is 262 g/mol. The average Bonchev–Trinajstić information content (AvgIpc) is 2.88. The number of ether oxygens (including phenoxy) is 1. The lowest BCUT2D eigenvalue weighted by molar-refractivity contribution is 0.188. The zero-order valence-electron chi connectivity index (χ0n) is 12.4. The fourth-order valence-corrected chi connectivity index (χ4v) is 3.20. The van der Waals surface area contributed by atoms with Gasteiger partial charge in [-0.05, 0) is 51.4 Å². The third-order valence-corrected chi connectivity index (χ3v) is 4.14. The Kier molecular flexibility index (Phi) is 5.23. The maximum absolute atomic E-state index is 5.45. The number of likely N-dealkylation sites (N-methyl/N-ethyl adjacent to an activating group) is 1. The van der Waals surface area contributed by atoms with E-state index in [9.17, 15) is 0 Å². The summed E-state index contributed by atoms with van der Waals surface area (Å²) >= 11 is 0. The molecule has 2 rings (SSSR count). The highest BCUT2D eigenvalue weighted by Crippen LogP contribution is 2.25. The Morgan fingerprint density at radius 1 is 1.42 bits per heavy atom. The van der Waals surface area contributed by atoms with Crippen molar-refractivity contribution in [2.24, 2.45) is 0 Å². The van der Waals surface area contributed by atoms with Gasteiger partial charge in [-0.2, -0.15) is 0 Å². The Morgan fingerprint density at radius 3 is 2.95 bits per heavy atom. The molecule has 1 aromatic rings. The quantitative estimate of drug-likeness (QED) is 0.851. The van der Waals surface area contributed by atoms with Gasteiger partial charge in [0.2, 0.25) is 0 Å². The number of rotatable bonds is 6. The van der Waals surface area contributed by atoms with Crippen molar-refractivity contribution in [1.82, 2.24) is 10.2 Å². The molecular weight excluding hydrogens is 236 g/mol. The van der Waals surface area contributed by atoms with E-state index in [0.717, 1.165) is 18.7 Å². The first kappa shape index (κ1) is 14.4. The molecule has 1 fully saturated rings. The third-order valence-electron chi connectivity index (χ3n) is 4.14. The third kappa shape index (κ3) is 3.48. The minimum atomic E-state index is 0.567. The van der Waals surface area contributed by atoms with Crippen molar-refractivity contribution in [1.29, 1.82) is 0 Å². The molecule has 106 valence electrons. The van der Waals surface area contributed by atoms with E-state index < -0.39 is 0 Å². The van der Waals surface area contributed by atoms with E-state index >= 15 is 0 Å². The number of benzene rings is 1. The fourth-order valence-electron chi connectivity index (χ4n) is 3.20. The summed E-state index contributed by atoms with van der Waals surface area (Å²) in [5, 5.41) is 3.31. The topological polar surface area (TPSA) is 24.5 Å². The number of hydrogen-bond acceptors (Lipinski definition) is 3. The van der Waals surface area contributed by atoms with Crippen LogP contribution in [0, 0.1) is 0 Å². The van der Waals surface area contributed by atoms with Crippen molar-refractivity contribution in [3.63, 3.8) is 0 Å². The summed E-state index contributed by atoms with van der Waals surface area (Å²) in [5.41, 5.74) is 1.31. The molecule has 3 heteroatoms. The summed E-state index contributed by atoms with van der Waals surface area (Å²) in [7, 11) is 3.80. The monoisotopic (exact) mass is 262 g/mol. The highest BCUT2D eigenvalue weighted by Gasteiger charge is 2.28. The minimum absolute atomic E-state index is 0.567. The van der Waals surface area contributed by atoms with Crippen LogP contribution < -0.4 is 10.1 Å². The zero-order chi connectivity index (χ0) is 13.7. The number of likely N-dealkylation sites (tertiary alicyclic amines) is 1. The molecule has 1 aliphatic heterocycles. The van der Waals surface area contributed by atoms with Crippen molar-refractivity contribution in [3.8, 4) is 5.75 Å². The maximum Gasteiger partial charge on any atom is 0.122 e. The van der Waals surface area contributed by atoms with Crippen molar-refractivity contribution >= 4 is 0 Å². The van der Waals surface area contributed by atoms with Gasteiger partial charge in [-0.3, -0.25) is 4.90 Å². The lowest BCUT2D eigenvalue weighted by atomic mass is 10.0. The Labute approximate surface area is 116 Å². The van der Waals surface area contributed by atoms with Crippen LogP contribution in [0.25, 0.3) is 0 Å². The Balaban J connectivity index is 2.01. The first-order valence-electron chi connectivity index (χ1n) is 7.28. The summed E-state index contributed by atoms with van der Waals surface area (Å²) in [5.74, 6) is 1.01. The molecule has 2 unspecified atom stereocenters. The van der Waals surface area contributed by atoms with E-state index in [1.165, 1.54) is 24.9 Å². The second-order valence-electron chi connectivity index (χ2n) is 5.46. The van der Waals surface area contributed by atoms with Crippen molar-refractivity contribution in [2.75, 3.05) is 27.2 Å². The molecule has 0 amide bonds. The van der Waals surface area contributed by atoms with Gasteiger partial charge in [0.05, 0.1) is 7.11 Å². The van der Waals surface area contributed by atoms with Gasteiger partial charge in [-0.25, -0.2) is 0 Å². The van der Waals surface area contributed by atoms with E-state index in [2.05, 4.69) is 35.3 Å². The van der Waals surface area contributed by atoms with E-state index in [-0.39, 0.29) is 0 Å². The molecule has 0 aliphatic carbocycles. The number of para-hydroxylation sites is 1. The van der Waals surface area contributed by atoms with Gasteiger partial charge in [0.15, 0.2) is 0 Å². The van der Waals surface area contributed by atoms with Crippen molar-refractivity contribution in [3.05, 3.63) is 29.8 Å². The molecule has 1 saturated heterocycles. The molecule has 3 nitrogen and oxygen atoms in total. The van der Waals surface area contributed by atoms with Gasteiger partial charge < -0.3 is 10.1 Å². The van der Waals surface area contributed by atoms with Crippen LogP contribution >= 0.6 is 0 Å². The van der Waals surface area contributed by atoms with Crippen molar-refractivity contribution in [2.45, 2.75) is 38.3 Å². The molecule has 1 aromatic carbocycles. The summed E-state index contributed by atoms with van der Waals surface area (Å²) < 4.78 is 5.45. The molecule has 0 aromatic heterocycles. The van der Waals surface area contributed by atoms with E-state index in [1.54, 1.807) is 7.11 Å². The first-order chi connectivity index (χ1) is 9.26. The molecular formula is C16H26N2O. The molecule has 0 radical (unpaired) electrons. The Morgan fingerprint density at radius 2 is 2.21 bits per heavy atom. The van der Waals surface area contributed by atoms with E-state index in [1.807, 2.05) is 13.1 Å². The summed E-state index contributed by atoms with van der Waals surface area (Å²) in [6, 6.07) is 9.62. The number of hydrogen-bond donors (Lipinski definition) is 1. The summed E-state index contributed by atoms with van der Waals surface area (Å²) in [6.07, 6.45) is 3.70. The van der Waals surface area contributed by atoms with Crippen LogP contribution in [0.5, 0.6) is 5.75 Å². The first-order valence-corrected chi connectivity index (χ1v) is 7.28. The van der Waals surface area contributed by atoms with Gasteiger partial charge in [-0.15, -0.1) is 0 Å². The Bertz CT molecular complexity index is 394. The second kappa shape index (κ2) is 6.92. The fraction of sp³-hybridized carbons (Fsp3) is 0.625. The maximum atomic E-state index is 5.45. The van der Waals surface area contributed by atoms with Crippen LogP contribution in [0.4, 0.5) is 0 Å².